The summed E-state index contributed by atoms with van der Waals surface area (Å²) < 4.78 is 5.47. The number of methoxy groups -OCH3 is 1. The van der Waals surface area contributed by atoms with E-state index in [0.29, 0.717) is 6.04 Å². The molecule has 1 aromatic carbocycles. The Morgan fingerprint density at radius 2 is 2.25 bits per heavy atom. The van der Waals surface area contributed by atoms with E-state index < -0.39 is 0 Å². The lowest BCUT2D eigenvalue weighted by atomic mass is 9.76. The highest BCUT2D eigenvalue weighted by molar-refractivity contribution is 5.43. The Morgan fingerprint density at radius 3 is 3.12 bits per heavy atom. The Balaban J connectivity index is 1.95. The fourth-order valence-electron chi connectivity index (χ4n) is 3.23. The van der Waals surface area contributed by atoms with Gasteiger partial charge in [-0.3, -0.25) is 0 Å². The minimum atomic E-state index is 0.702. The predicted octanol–water partition coefficient (Wildman–Crippen LogP) is 2.16. The van der Waals surface area contributed by atoms with Crippen molar-refractivity contribution in [1.82, 2.24) is 5.32 Å². The van der Waals surface area contributed by atoms with Crippen LogP contribution in [0.4, 0.5) is 0 Å². The number of nitrogens with one attached hydrogen (secondary N) is 1. The van der Waals surface area contributed by atoms with E-state index >= 15 is 0 Å². The van der Waals surface area contributed by atoms with Crippen molar-refractivity contribution < 1.29 is 4.74 Å². The Hall–Kier alpha value is -1.02. The third kappa shape index (κ3) is 1.61. The first-order valence-electron chi connectivity index (χ1n) is 6.26. The summed E-state index contributed by atoms with van der Waals surface area (Å²) in [6.45, 7) is 1.19. The number of ether oxygens (including phenoxy) is 1. The molecule has 0 amide bonds. The quantitative estimate of drug-likeness (QED) is 0.778. The molecule has 2 unspecified atom stereocenters. The molecule has 1 aromatic rings. The number of fused-ring (bicyclic) bond motifs is 2. The first kappa shape index (κ1) is 10.2. The van der Waals surface area contributed by atoms with Gasteiger partial charge < -0.3 is 10.1 Å². The highest BCUT2D eigenvalue weighted by atomic mass is 16.5. The average Bonchev–Trinajstić information content (AvgIpc) is 2.35. The van der Waals surface area contributed by atoms with E-state index in [4.69, 9.17) is 4.74 Å². The number of hydrogen-bond acceptors (Lipinski definition) is 2. The van der Waals surface area contributed by atoms with Crippen LogP contribution in [-0.4, -0.2) is 19.7 Å². The van der Waals surface area contributed by atoms with Crippen molar-refractivity contribution in [3.63, 3.8) is 0 Å². The molecule has 3 rings (SSSR count). The molecule has 2 atom stereocenters. The van der Waals surface area contributed by atoms with Gasteiger partial charge in [0.25, 0.3) is 0 Å². The van der Waals surface area contributed by atoms with Crippen molar-refractivity contribution in [2.45, 2.75) is 31.7 Å². The first-order chi connectivity index (χ1) is 7.88. The van der Waals surface area contributed by atoms with Gasteiger partial charge in [0, 0.05) is 6.04 Å². The second-order valence-corrected chi connectivity index (χ2v) is 4.97. The minimum absolute atomic E-state index is 0.702. The van der Waals surface area contributed by atoms with Crippen LogP contribution < -0.4 is 10.1 Å². The molecule has 1 fully saturated rings. The van der Waals surface area contributed by atoms with E-state index in [1.54, 1.807) is 7.11 Å². The topological polar surface area (TPSA) is 21.3 Å². The van der Waals surface area contributed by atoms with E-state index in [2.05, 4.69) is 23.5 Å². The van der Waals surface area contributed by atoms with Gasteiger partial charge in [-0.2, -0.15) is 0 Å². The molecule has 1 aliphatic carbocycles. The van der Waals surface area contributed by atoms with E-state index in [1.165, 1.54) is 43.4 Å². The van der Waals surface area contributed by atoms with Crippen molar-refractivity contribution in [1.29, 1.82) is 0 Å². The van der Waals surface area contributed by atoms with E-state index in [1.807, 2.05) is 0 Å². The molecule has 1 saturated heterocycles. The fraction of sp³-hybridized carbons (Fsp3) is 0.571. The molecule has 0 spiro atoms. The molecule has 1 aliphatic heterocycles. The summed E-state index contributed by atoms with van der Waals surface area (Å²) in [5, 5.41) is 3.66. The van der Waals surface area contributed by atoms with Gasteiger partial charge >= 0.3 is 0 Å². The maximum absolute atomic E-state index is 5.47. The molecule has 86 valence electrons. The van der Waals surface area contributed by atoms with E-state index in [-0.39, 0.29) is 0 Å². The number of piperidine rings is 1. The van der Waals surface area contributed by atoms with Crippen LogP contribution in [0.15, 0.2) is 18.2 Å². The fourth-order valence-corrected chi connectivity index (χ4v) is 3.23. The molecule has 0 bridgehead atoms. The van der Waals surface area contributed by atoms with Gasteiger partial charge in [-0.05, 0) is 55.3 Å². The average molecular weight is 217 g/mol. The Labute approximate surface area is 97.0 Å². The number of benzene rings is 1. The Morgan fingerprint density at radius 1 is 1.31 bits per heavy atom. The third-order valence-corrected chi connectivity index (χ3v) is 4.08. The number of hydrogen-bond donors (Lipinski definition) is 1. The SMILES string of the molecule is COc1cccc2c1CC1CCCNC1C2. The predicted molar refractivity (Wildman–Crippen MR) is 64.9 cm³/mol. The van der Waals surface area contributed by atoms with Crippen molar-refractivity contribution in [2.75, 3.05) is 13.7 Å². The van der Waals surface area contributed by atoms with Gasteiger partial charge in [0.05, 0.1) is 7.11 Å². The molecule has 0 radical (unpaired) electrons. The largest absolute Gasteiger partial charge is 0.496 e. The highest BCUT2D eigenvalue weighted by Crippen LogP contribution is 2.35. The van der Waals surface area contributed by atoms with Crippen LogP contribution in [0.1, 0.15) is 24.0 Å². The lowest BCUT2D eigenvalue weighted by Crippen LogP contribution is -2.46. The second-order valence-electron chi connectivity index (χ2n) is 4.97. The monoisotopic (exact) mass is 217 g/mol. The zero-order valence-electron chi connectivity index (χ0n) is 9.83. The molecule has 2 nitrogen and oxygen atoms in total. The van der Waals surface area contributed by atoms with Gasteiger partial charge in [-0.25, -0.2) is 0 Å². The van der Waals surface area contributed by atoms with Crippen LogP contribution in [0.3, 0.4) is 0 Å². The lowest BCUT2D eigenvalue weighted by Gasteiger charge is -2.37. The molecule has 0 saturated carbocycles. The molecule has 1 N–H and O–H groups in total. The zero-order valence-corrected chi connectivity index (χ0v) is 9.83. The normalized spacial score (nSPS) is 28.1. The van der Waals surface area contributed by atoms with Crippen LogP contribution in [0.2, 0.25) is 0 Å². The van der Waals surface area contributed by atoms with Gasteiger partial charge in [0.15, 0.2) is 0 Å². The summed E-state index contributed by atoms with van der Waals surface area (Å²) in [7, 11) is 1.78. The van der Waals surface area contributed by atoms with E-state index in [0.717, 1.165) is 11.7 Å². The first-order valence-corrected chi connectivity index (χ1v) is 6.26. The molecular formula is C14H19NO. The van der Waals surface area contributed by atoms with Gasteiger partial charge in [0.1, 0.15) is 5.75 Å². The Bertz CT molecular complexity index is 388. The van der Waals surface area contributed by atoms with Crippen molar-refractivity contribution in [3.05, 3.63) is 29.3 Å². The lowest BCUT2D eigenvalue weighted by molar-refractivity contribution is 0.259. The highest BCUT2D eigenvalue weighted by Gasteiger charge is 2.31. The van der Waals surface area contributed by atoms with Crippen LogP contribution in [0.25, 0.3) is 0 Å². The van der Waals surface area contributed by atoms with Gasteiger partial charge in [0.2, 0.25) is 0 Å². The van der Waals surface area contributed by atoms with Crippen LogP contribution >= 0.6 is 0 Å². The summed E-state index contributed by atoms with van der Waals surface area (Å²) >= 11 is 0. The molecule has 16 heavy (non-hydrogen) atoms. The molecule has 1 heterocycles. The van der Waals surface area contributed by atoms with Crippen LogP contribution in [0, 0.1) is 5.92 Å². The molecule has 2 heteroatoms. The molecular weight excluding hydrogens is 198 g/mol. The minimum Gasteiger partial charge on any atom is -0.496 e. The maximum atomic E-state index is 5.47. The van der Waals surface area contributed by atoms with E-state index in [9.17, 15) is 0 Å². The van der Waals surface area contributed by atoms with Crippen molar-refractivity contribution in [3.8, 4) is 5.75 Å². The van der Waals surface area contributed by atoms with Crippen molar-refractivity contribution in [2.24, 2.45) is 5.92 Å². The smallest absolute Gasteiger partial charge is 0.122 e. The van der Waals surface area contributed by atoms with Crippen molar-refractivity contribution >= 4 is 0 Å². The zero-order chi connectivity index (χ0) is 11.0. The number of rotatable bonds is 1. The Kier molecular flexibility index (Phi) is 2.60. The maximum Gasteiger partial charge on any atom is 0.122 e. The second kappa shape index (κ2) is 4.10. The standard InChI is InChI=1S/C14H19NO/c1-16-14-6-2-4-10-9-13-11(8-12(10)14)5-3-7-15-13/h2,4,6,11,13,15H,3,5,7-9H2,1H3. The summed E-state index contributed by atoms with van der Waals surface area (Å²) in [5.74, 6) is 1.90. The summed E-state index contributed by atoms with van der Waals surface area (Å²) in [5.41, 5.74) is 2.94. The van der Waals surface area contributed by atoms with Crippen LogP contribution in [0.5, 0.6) is 5.75 Å². The molecule has 2 aliphatic rings. The molecule has 0 aromatic heterocycles. The summed E-state index contributed by atoms with van der Waals surface area (Å²) in [6, 6.07) is 7.16. The summed E-state index contributed by atoms with van der Waals surface area (Å²) in [4.78, 5) is 0. The summed E-state index contributed by atoms with van der Waals surface area (Å²) in [6.07, 6.45) is 5.06. The van der Waals surface area contributed by atoms with Gasteiger partial charge in [-0.15, -0.1) is 0 Å². The third-order valence-electron chi connectivity index (χ3n) is 4.08. The van der Waals surface area contributed by atoms with Crippen LogP contribution in [-0.2, 0) is 12.8 Å². The van der Waals surface area contributed by atoms with Gasteiger partial charge in [-0.1, -0.05) is 12.1 Å².